The van der Waals surface area contributed by atoms with Crippen LogP contribution in [0, 0.1) is 5.92 Å². The van der Waals surface area contributed by atoms with Crippen molar-refractivity contribution in [1.82, 2.24) is 20.0 Å². The highest BCUT2D eigenvalue weighted by Crippen LogP contribution is 2.42. The second kappa shape index (κ2) is 7.22. The first-order chi connectivity index (χ1) is 13.7. The van der Waals surface area contributed by atoms with Crippen LogP contribution in [0.15, 0.2) is 46.4 Å². The molecule has 2 bridgehead atoms. The Morgan fingerprint density at radius 1 is 1.39 bits per heavy atom. The largest absolute Gasteiger partial charge is 0.463 e. The summed E-state index contributed by atoms with van der Waals surface area (Å²) in [6.07, 6.45) is 4.02. The van der Waals surface area contributed by atoms with Gasteiger partial charge >= 0.3 is 0 Å². The van der Waals surface area contributed by atoms with Crippen LogP contribution in [0.2, 0.25) is 0 Å². The van der Waals surface area contributed by atoms with Gasteiger partial charge in [-0.15, -0.1) is 11.3 Å². The number of piperidine rings is 3. The van der Waals surface area contributed by atoms with Crippen LogP contribution in [0.3, 0.4) is 0 Å². The third-order valence-corrected chi connectivity index (χ3v) is 7.06. The van der Waals surface area contributed by atoms with Gasteiger partial charge in [-0.05, 0) is 54.9 Å². The molecule has 3 aliphatic rings. The summed E-state index contributed by atoms with van der Waals surface area (Å²) < 4.78 is 7.53. The van der Waals surface area contributed by atoms with E-state index in [1.54, 1.807) is 6.26 Å². The molecule has 3 saturated heterocycles. The zero-order valence-electron chi connectivity index (χ0n) is 15.9. The molecule has 0 saturated carbocycles. The molecule has 1 N–H and O–H groups in total. The number of hydrogen-bond donors (Lipinski definition) is 1. The van der Waals surface area contributed by atoms with E-state index in [4.69, 9.17) is 4.42 Å². The molecule has 7 heteroatoms. The van der Waals surface area contributed by atoms with E-state index in [1.165, 1.54) is 23.5 Å². The lowest BCUT2D eigenvalue weighted by Crippen LogP contribution is -2.56. The predicted molar refractivity (Wildman–Crippen MR) is 108 cm³/mol. The van der Waals surface area contributed by atoms with E-state index in [2.05, 4.69) is 21.4 Å². The number of fused-ring (bicyclic) bond motifs is 3. The molecule has 3 aliphatic heterocycles. The van der Waals surface area contributed by atoms with E-state index in [9.17, 15) is 4.79 Å². The van der Waals surface area contributed by atoms with E-state index < -0.39 is 0 Å². The summed E-state index contributed by atoms with van der Waals surface area (Å²) in [5.74, 6) is 1.98. The molecule has 0 spiro atoms. The van der Waals surface area contributed by atoms with Crippen LogP contribution < -0.4 is 5.32 Å². The number of rotatable bonds is 5. The van der Waals surface area contributed by atoms with Crippen LogP contribution in [0.1, 0.15) is 34.1 Å². The number of carbonyl (C=O) groups excluding carboxylic acids is 1. The first-order valence-corrected chi connectivity index (χ1v) is 10.7. The van der Waals surface area contributed by atoms with Gasteiger partial charge in [0.25, 0.3) is 5.91 Å². The van der Waals surface area contributed by atoms with Crippen molar-refractivity contribution in [2.24, 2.45) is 13.0 Å². The van der Waals surface area contributed by atoms with Gasteiger partial charge in [0.2, 0.25) is 0 Å². The maximum Gasteiger partial charge on any atom is 0.261 e. The van der Waals surface area contributed by atoms with Gasteiger partial charge in [0.15, 0.2) is 5.76 Å². The first-order valence-electron chi connectivity index (χ1n) is 9.82. The van der Waals surface area contributed by atoms with Crippen LogP contribution in [-0.2, 0) is 7.05 Å². The van der Waals surface area contributed by atoms with Crippen LogP contribution in [0.5, 0.6) is 0 Å². The minimum Gasteiger partial charge on any atom is -0.463 e. The van der Waals surface area contributed by atoms with Gasteiger partial charge in [0.05, 0.1) is 11.1 Å². The summed E-state index contributed by atoms with van der Waals surface area (Å²) >= 11 is 1.49. The molecule has 4 atom stereocenters. The quantitative estimate of drug-likeness (QED) is 0.718. The van der Waals surface area contributed by atoms with E-state index in [0.29, 0.717) is 17.9 Å². The van der Waals surface area contributed by atoms with Crippen molar-refractivity contribution < 1.29 is 9.21 Å². The molecule has 3 aromatic heterocycles. The van der Waals surface area contributed by atoms with Crippen LogP contribution in [-0.4, -0.2) is 46.3 Å². The molecule has 1 unspecified atom stereocenters. The van der Waals surface area contributed by atoms with Gasteiger partial charge in [0.1, 0.15) is 5.69 Å². The van der Waals surface area contributed by atoms with E-state index in [1.807, 2.05) is 41.4 Å². The number of carbonyl (C=O) groups is 1. The van der Waals surface area contributed by atoms with Crippen LogP contribution in [0.25, 0.3) is 11.5 Å². The minimum atomic E-state index is 0.0453. The molecule has 6 nitrogen and oxygen atoms in total. The van der Waals surface area contributed by atoms with Crippen molar-refractivity contribution >= 4 is 17.2 Å². The molecule has 6 heterocycles. The molecule has 6 rings (SSSR count). The van der Waals surface area contributed by atoms with Crippen molar-refractivity contribution in [2.75, 3.05) is 19.6 Å². The Bertz CT molecular complexity index is 947. The van der Waals surface area contributed by atoms with E-state index in [-0.39, 0.29) is 5.91 Å². The number of aryl methyl sites for hydroxylation is 1. The molecule has 146 valence electrons. The van der Waals surface area contributed by atoms with Gasteiger partial charge in [-0.1, -0.05) is 6.07 Å². The average molecular weight is 397 g/mol. The maximum atomic E-state index is 12.3. The Morgan fingerprint density at radius 3 is 3.04 bits per heavy atom. The van der Waals surface area contributed by atoms with Gasteiger partial charge < -0.3 is 9.73 Å². The van der Waals surface area contributed by atoms with Crippen molar-refractivity contribution in [1.29, 1.82) is 0 Å². The Hall–Kier alpha value is -2.38. The summed E-state index contributed by atoms with van der Waals surface area (Å²) in [5, 5.41) is 9.74. The Balaban J connectivity index is 1.27. The van der Waals surface area contributed by atoms with E-state index in [0.717, 1.165) is 42.4 Å². The third-order valence-electron chi connectivity index (χ3n) is 6.19. The molecule has 0 aromatic carbocycles. The number of amides is 1. The topological polar surface area (TPSA) is 63.3 Å². The van der Waals surface area contributed by atoms with Crippen LogP contribution in [0.4, 0.5) is 0 Å². The fraction of sp³-hybridized carbons (Fsp3) is 0.429. The summed E-state index contributed by atoms with van der Waals surface area (Å²) in [5.41, 5.74) is 2.18. The zero-order valence-corrected chi connectivity index (χ0v) is 16.7. The van der Waals surface area contributed by atoms with Gasteiger partial charge in [-0.2, -0.15) is 5.10 Å². The molecule has 0 aliphatic carbocycles. The number of thiophene rings is 1. The standard InChI is InChI=1S/C21H24N4O2S/c1-24-18(11-17(23-24)19-4-2-8-27-19)16-13-25-7-6-14(16)10-15(25)12-22-21(26)20-5-3-9-28-20/h2-5,8-9,11,14-16H,6-7,10,12-13H2,1H3,(H,22,26)/t14-,15+,16+/m0/s1. The fourth-order valence-electron chi connectivity index (χ4n) is 4.76. The highest BCUT2D eigenvalue weighted by atomic mass is 32.1. The summed E-state index contributed by atoms with van der Waals surface area (Å²) in [6, 6.07) is 10.3. The van der Waals surface area contributed by atoms with Crippen molar-refractivity contribution in [2.45, 2.75) is 24.8 Å². The van der Waals surface area contributed by atoms with Crippen molar-refractivity contribution in [3.63, 3.8) is 0 Å². The summed E-state index contributed by atoms with van der Waals surface area (Å²) in [4.78, 5) is 15.6. The predicted octanol–water partition coefficient (Wildman–Crippen LogP) is 3.35. The number of hydrogen-bond acceptors (Lipinski definition) is 5. The van der Waals surface area contributed by atoms with E-state index >= 15 is 0 Å². The lowest BCUT2D eigenvalue weighted by atomic mass is 9.74. The van der Waals surface area contributed by atoms with Gasteiger partial charge in [-0.3, -0.25) is 14.4 Å². The molecule has 1 amide bonds. The molecule has 0 radical (unpaired) electrons. The molecular weight excluding hydrogens is 372 g/mol. The molecule has 3 fully saturated rings. The van der Waals surface area contributed by atoms with Crippen molar-refractivity contribution in [3.8, 4) is 11.5 Å². The Labute approximate surface area is 168 Å². The second-order valence-corrected chi connectivity index (χ2v) is 8.73. The van der Waals surface area contributed by atoms with Gasteiger partial charge in [0, 0.05) is 37.8 Å². The zero-order chi connectivity index (χ0) is 19.1. The lowest BCUT2D eigenvalue weighted by molar-refractivity contribution is 0.0280. The highest BCUT2D eigenvalue weighted by Gasteiger charge is 2.41. The first kappa shape index (κ1) is 17.7. The molecule has 28 heavy (non-hydrogen) atoms. The number of aromatic nitrogens is 2. The number of nitrogens with one attached hydrogen (secondary N) is 1. The second-order valence-electron chi connectivity index (χ2n) is 7.78. The average Bonchev–Trinajstić information content (AvgIpc) is 3.47. The highest BCUT2D eigenvalue weighted by molar-refractivity contribution is 7.12. The Morgan fingerprint density at radius 2 is 2.32 bits per heavy atom. The smallest absolute Gasteiger partial charge is 0.261 e. The van der Waals surface area contributed by atoms with Crippen LogP contribution >= 0.6 is 11.3 Å². The lowest BCUT2D eigenvalue weighted by Gasteiger charge is -2.49. The summed E-state index contributed by atoms with van der Waals surface area (Å²) in [6.45, 7) is 2.87. The fourth-order valence-corrected chi connectivity index (χ4v) is 5.40. The minimum absolute atomic E-state index is 0.0453. The monoisotopic (exact) mass is 396 g/mol. The number of nitrogens with zero attached hydrogens (tertiary/aromatic N) is 3. The Kier molecular flexibility index (Phi) is 4.56. The SMILES string of the molecule is Cn1nc(-c2ccco2)cc1[C@@H]1CN2CC[C@H]1C[C@@H]2CNC(=O)c1cccs1. The number of furan rings is 1. The summed E-state index contributed by atoms with van der Waals surface area (Å²) in [7, 11) is 2.03. The molecular formula is C21H24N4O2S. The van der Waals surface area contributed by atoms with Gasteiger partial charge in [-0.25, -0.2) is 0 Å². The maximum absolute atomic E-state index is 12.3. The van der Waals surface area contributed by atoms with Crippen molar-refractivity contribution in [3.05, 3.63) is 52.5 Å². The molecule has 3 aromatic rings. The third kappa shape index (κ3) is 3.18. The normalized spacial score (nSPS) is 26.5.